The first-order chi connectivity index (χ1) is 9.65. The molecule has 0 radical (unpaired) electrons. The lowest BCUT2D eigenvalue weighted by Gasteiger charge is -2.08. The largest absolute Gasteiger partial charge is 0.385 e. The van der Waals surface area contributed by atoms with Crippen molar-refractivity contribution < 1.29 is 9.18 Å². The summed E-state index contributed by atoms with van der Waals surface area (Å²) >= 11 is 5.64. The third-order valence-corrected chi connectivity index (χ3v) is 2.95. The summed E-state index contributed by atoms with van der Waals surface area (Å²) in [4.78, 5) is 11.7. The molecule has 2 aromatic carbocycles. The van der Waals surface area contributed by atoms with Crippen molar-refractivity contribution in [3.63, 3.8) is 0 Å². The lowest BCUT2D eigenvalue weighted by atomic mass is 10.3. The lowest BCUT2D eigenvalue weighted by Crippen LogP contribution is -2.16. The van der Waals surface area contributed by atoms with Gasteiger partial charge in [-0.1, -0.05) is 29.8 Å². The fraction of sp³-hybridized carbons (Fsp3) is 0.133. The number of hydrogen-bond acceptors (Lipinski definition) is 2. The van der Waals surface area contributed by atoms with Crippen LogP contribution in [0, 0.1) is 5.82 Å². The zero-order valence-corrected chi connectivity index (χ0v) is 11.5. The van der Waals surface area contributed by atoms with Crippen molar-refractivity contribution in [2.45, 2.75) is 6.42 Å². The average molecular weight is 293 g/mol. The molecule has 0 heterocycles. The van der Waals surface area contributed by atoms with E-state index in [1.54, 1.807) is 0 Å². The van der Waals surface area contributed by atoms with Crippen LogP contribution in [-0.4, -0.2) is 12.5 Å². The van der Waals surface area contributed by atoms with E-state index in [-0.39, 0.29) is 10.9 Å². The summed E-state index contributed by atoms with van der Waals surface area (Å²) in [6.07, 6.45) is 0.309. The minimum absolute atomic E-state index is 0.00906. The predicted octanol–water partition coefficient (Wildman–Crippen LogP) is 3.92. The van der Waals surface area contributed by atoms with Crippen molar-refractivity contribution in [3.05, 3.63) is 59.4 Å². The van der Waals surface area contributed by atoms with Crippen molar-refractivity contribution in [2.75, 3.05) is 17.2 Å². The van der Waals surface area contributed by atoms with Crippen LogP contribution in [0.5, 0.6) is 0 Å². The quantitative estimate of drug-likeness (QED) is 0.877. The van der Waals surface area contributed by atoms with E-state index in [1.807, 2.05) is 30.3 Å². The Morgan fingerprint density at radius 1 is 1.10 bits per heavy atom. The molecule has 0 saturated carbocycles. The van der Waals surface area contributed by atoms with E-state index in [9.17, 15) is 9.18 Å². The predicted molar refractivity (Wildman–Crippen MR) is 79.6 cm³/mol. The second-order valence-electron chi connectivity index (χ2n) is 4.22. The van der Waals surface area contributed by atoms with Gasteiger partial charge in [0.25, 0.3) is 0 Å². The first-order valence-corrected chi connectivity index (χ1v) is 6.57. The number of halogens is 2. The molecule has 0 saturated heterocycles. The van der Waals surface area contributed by atoms with E-state index >= 15 is 0 Å². The van der Waals surface area contributed by atoms with Crippen LogP contribution in [0.4, 0.5) is 15.8 Å². The van der Waals surface area contributed by atoms with E-state index in [0.717, 1.165) is 5.69 Å². The summed E-state index contributed by atoms with van der Waals surface area (Å²) < 4.78 is 13.0. The second-order valence-corrected chi connectivity index (χ2v) is 4.63. The number of amides is 1. The third kappa shape index (κ3) is 4.24. The minimum atomic E-state index is -0.504. The van der Waals surface area contributed by atoms with Crippen LogP contribution in [0.25, 0.3) is 0 Å². The van der Waals surface area contributed by atoms with Crippen LogP contribution in [-0.2, 0) is 4.79 Å². The molecule has 2 rings (SSSR count). The Hall–Kier alpha value is -2.07. The zero-order chi connectivity index (χ0) is 14.4. The molecule has 0 aliphatic rings. The van der Waals surface area contributed by atoms with Crippen molar-refractivity contribution in [2.24, 2.45) is 0 Å². The van der Waals surface area contributed by atoms with Crippen LogP contribution in [0.2, 0.25) is 5.02 Å². The monoisotopic (exact) mass is 292 g/mol. The van der Waals surface area contributed by atoms with Gasteiger partial charge in [-0.3, -0.25) is 4.79 Å². The van der Waals surface area contributed by atoms with Crippen molar-refractivity contribution in [1.82, 2.24) is 0 Å². The van der Waals surface area contributed by atoms with Gasteiger partial charge in [0.05, 0.1) is 5.02 Å². The molecule has 0 fully saturated rings. The highest BCUT2D eigenvalue weighted by molar-refractivity contribution is 6.31. The van der Waals surface area contributed by atoms with E-state index in [4.69, 9.17) is 11.6 Å². The topological polar surface area (TPSA) is 41.1 Å². The first kappa shape index (κ1) is 14.3. The molecule has 104 valence electrons. The number of carbonyl (C=O) groups is 1. The molecule has 20 heavy (non-hydrogen) atoms. The van der Waals surface area contributed by atoms with Crippen molar-refractivity contribution in [3.8, 4) is 0 Å². The molecule has 1 amide bonds. The number of benzene rings is 2. The van der Waals surface area contributed by atoms with Gasteiger partial charge in [0.15, 0.2) is 0 Å². The molecule has 0 atom stereocenters. The maximum Gasteiger partial charge on any atom is 0.226 e. The van der Waals surface area contributed by atoms with Gasteiger partial charge in [0, 0.05) is 24.3 Å². The van der Waals surface area contributed by atoms with Gasteiger partial charge in [0.1, 0.15) is 5.82 Å². The van der Waals surface area contributed by atoms with E-state index < -0.39 is 5.82 Å². The molecule has 2 N–H and O–H groups in total. The van der Waals surface area contributed by atoms with Gasteiger partial charge < -0.3 is 10.6 Å². The SMILES string of the molecule is O=C(CCNc1ccccc1)Nc1ccc(F)c(Cl)c1. The van der Waals surface area contributed by atoms with Gasteiger partial charge in [0.2, 0.25) is 5.91 Å². The maximum atomic E-state index is 13.0. The molecule has 0 aliphatic heterocycles. The second kappa shape index (κ2) is 6.91. The maximum absolute atomic E-state index is 13.0. The van der Waals surface area contributed by atoms with E-state index in [1.165, 1.54) is 18.2 Å². The van der Waals surface area contributed by atoms with E-state index in [0.29, 0.717) is 18.7 Å². The minimum Gasteiger partial charge on any atom is -0.385 e. The molecule has 0 spiro atoms. The van der Waals surface area contributed by atoms with Crippen molar-refractivity contribution >= 4 is 28.9 Å². The number of carbonyl (C=O) groups excluding carboxylic acids is 1. The highest BCUT2D eigenvalue weighted by Crippen LogP contribution is 2.19. The normalized spacial score (nSPS) is 10.1. The third-order valence-electron chi connectivity index (χ3n) is 2.66. The number of nitrogens with one attached hydrogen (secondary N) is 2. The summed E-state index contributed by atoms with van der Waals surface area (Å²) in [6, 6.07) is 13.7. The highest BCUT2D eigenvalue weighted by Gasteiger charge is 2.05. The Morgan fingerprint density at radius 2 is 1.85 bits per heavy atom. The fourth-order valence-corrected chi connectivity index (χ4v) is 1.85. The molecular weight excluding hydrogens is 279 g/mol. The molecule has 3 nitrogen and oxygen atoms in total. The van der Waals surface area contributed by atoms with Gasteiger partial charge in [-0.2, -0.15) is 0 Å². The van der Waals surface area contributed by atoms with Gasteiger partial charge in [-0.25, -0.2) is 4.39 Å². The summed E-state index contributed by atoms with van der Waals surface area (Å²) in [7, 11) is 0. The number of rotatable bonds is 5. The van der Waals surface area contributed by atoms with Crippen LogP contribution < -0.4 is 10.6 Å². The van der Waals surface area contributed by atoms with Gasteiger partial charge in [-0.15, -0.1) is 0 Å². The number of anilines is 2. The summed E-state index contributed by atoms with van der Waals surface area (Å²) in [5, 5.41) is 5.79. The van der Waals surface area contributed by atoms with Crippen LogP contribution >= 0.6 is 11.6 Å². The summed E-state index contributed by atoms with van der Waals surface area (Å²) in [5.41, 5.74) is 1.45. The smallest absolute Gasteiger partial charge is 0.226 e. The van der Waals surface area contributed by atoms with E-state index in [2.05, 4.69) is 10.6 Å². The Labute approximate surface area is 121 Å². The first-order valence-electron chi connectivity index (χ1n) is 6.19. The Morgan fingerprint density at radius 3 is 2.55 bits per heavy atom. The van der Waals surface area contributed by atoms with Crippen LogP contribution in [0.1, 0.15) is 6.42 Å². The highest BCUT2D eigenvalue weighted by atomic mass is 35.5. The molecule has 2 aromatic rings. The molecule has 0 aliphatic carbocycles. The molecular formula is C15H14ClFN2O. The van der Waals surface area contributed by atoms with Crippen molar-refractivity contribution in [1.29, 1.82) is 0 Å². The molecule has 0 unspecified atom stereocenters. The number of hydrogen-bond donors (Lipinski definition) is 2. The zero-order valence-electron chi connectivity index (χ0n) is 10.7. The molecule has 5 heteroatoms. The van der Waals surface area contributed by atoms with Gasteiger partial charge >= 0.3 is 0 Å². The van der Waals surface area contributed by atoms with Crippen LogP contribution in [0.3, 0.4) is 0 Å². The molecule has 0 aromatic heterocycles. The Kier molecular flexibility index (Phi) is 4.96. The Bertz CT molecular complexity index is 590. The van der Waals surface area contributed by atoms with Gasteiger partial charge in [-0.05, 0) is 30.3 Å². The summed E-state index contributed by atoms with van der Waals surface area (Å²) in [5.74, 6) is -0.661. The van der Waals surface area contributed by atoms with Crippen LogP contribution in [0.15, 0.2) is 48.5 Å². The Balaban J connectivity index is 1.79. The lowest BCUT2D eigenvalue weighted by molar-refractivity contribution is -0.115. The summed E-state index contributed by atoms with van der Waals surface area (Å²) in [6.45, 7) is 0.519. The average Bonchev–Trinajstić information content (AvgIpc) is 2.44. The fourth-order valence-electron chi connectivity index (χ4n) is 1.67. The standard InChI is InChI=1S/C15H14ClFN2O/c16-13-10-12(6-7-14(13)17)19-15(20)8-9-18-11-4-2-1-3-5-11/h1-7,10,18H,8-9H2,(H,19,20). The molecule has 0 bridgehead atoms. The number of para-hydroxylation sites is 1.